The van der Waals surface area contributed by atoms with Crippen molar-refractivity contribution in [1.29, 1.82) is 0 Å². The lowest BCUT2D eigenvalue weighted by Crippen LogP contribution is -2.42. The Kier molecular flexibility index (Phi) is 6.65. The molecular weight excluding hydrogens is 226 g/mol. The number of likely N-dealkylation sites (tertiary alicyclic amines) is 1. The second-order valence-electron chi connectivity index (χ2n) is 5.90. The average Bonchev–Trinajstić information content (AvgIpc) is 2.34. The molecular formula is C14H29N3O. The number of hydrogen-bond donors (Lipinski definition) is 2. The lowest BCUT2D eigenvalue weighted by atomic mass is 9.93. The van der Waals surface area contributed by atoms with Gasteiger partial charge in [-0.3, -0.25) is 4.79 Å². The van der Waals surface area contributed by atoms with Gasteiger partial charge in [-0.2, -0.15) is 0 Å². The highest BCUT2D eigenvalue weighted by molar-refractivity contribution is 5.79. The predicted molar refractivity (Wildman–Crippen MR) is 75.5 cm³/mol. The van der Waals surface area contributed by atoms with E-state index in [1.54, 1.807) is 0 Å². The average molecular weight is 255 g/mol. The molecule has 4 nitrogen and oxygen atoms in total. The number of carbonyl (C=O) groups excluding carboxylic acids is 1. The van der Waals surface area contributed by atoms with Crippen LogP contribution in [0, 0.1) is 17.8 Å². The smallest absolute Gasteiger partial charge is 0.224 e. The van der Waals surface area contributed by atoms with Crippen molar-refractivity contribution in [3.63, 3.8) is 0 Å². The number of rotatable bonds is 6. The number of piperidine rings is 1. The van der Waals surface area contributed by atoms with Gasteiger partial charge in [0.2, 0.25) is 5.91 Å². The molecule has 0 radical (unpaired) electrons. The number of carbonyl (C=O) groups is 1. The normalized spacial score (nSPS) is 20.1. The lowest BCUT2D eigenvalue weighted by Gasteiger charge is -2.29. The Balaban J connectivity index is 2.30. The van der Waals surface area contributed by atoms with Crippen LogP contribution in [0.3, 0.4) is 0 Å². The van der Waals surface area contributed by atoms with E-state index >= 15 is 0 Å². The van der Waals surface area contributed by atoms with Crippen LogP contribution in [0.25, 0.3) is 0 Å². The summed E-state index contributed by atoms with van der Waals surface area (Å²) in [5.74, 6) is 1.34. The lowest BCUT2D eigenvalue weighted by molar-refractivity contribution is -0.126. The predicted octanol–water partition coefficient (Wildman–Crippen LogP) is 0.936. The van der Waals surface area contributed by atoms with Gasteiger partial charge >= 0.3 is 0 Å². The molecule has 106 valence electrons. The molecule has 0 bridgehead atoms. The summed E-state index contributed by atoms with van der Waals surface area (Å²) < 4.78 is 0. The molecule has 1 amide bonds. The zero-order chi connectivity index (χ0) is 13.5. The van der Waals surface area contributed by atoms with Crippen LogP contribution in [0.4, 0.5) is 0 Å². The monoisotopic (exact) mass is 255 g/mol. The van der Waals surface area contributed by atoms with Crippen LogP contribution >= 0.6 is 0 Å². The minimum atomic E-state index is 0.0845. The summed E-state index contributed by atoms with van der Waals surface area (Å²) in [6.07, 6.45) is 2.41. The molecule has 0 aromatic heterocycles. The Morgan fingerprint density at radius 3 is 2.44 bits per heavy atom. The van der Waals surface area contributed by atoms with Gasteiger partial charge < -0.3 is 15.5 Å². The third-order valence-electron chi connectivity index (χ3n) is 3.97. The Morgan fingerprint density at radius 2 is 1.94 bits per heavy atom. The van der Waals surface area contributed by atoms with Crippen molar-refractivity contribution in [2.45, 2.75) is 26.7 Å². The van der Waals surface area contributed by atoms with Gasteiger partial charge in [0.05, 0.1) is 5.92 Å². The third kappa shape index (κ3) is 4.94. The SMILES string of the molecule is CNCC(C(=O)NCC1CCN(C)CC1)C(C)C. The fraction of sp³-hybridized carbons (Fsp3) is 0.929. The molecule has 1 rings (SSSR count). The fourth-order valence-electron chi connectivity index (χ4n) is 2.49. The molecule has 18 heavy (non-hydrogen) atoms. The summed E-state index contributed by atoms with van der Waals surface area (Å²) >= 11 is 0. The molecule has 1 unspecified atom stereocenters. The van der Waals surface area contributed by atoms with Gasteiger partial charge in [0.1, 0.15) is 0 Å². The Hall–Kier alpha value is -0.610. The Labute approximate surface area is 111 Å². The van der Waals surface area contributed by atoms with Crippen molar-refractivity contribution >= 4 is 5.91 Å². The topological polar surface area (TPSA) is 44.4 Å². The molecule has 1 atom stereocenters. The van der Waals surface area contributed by atoms with Gasteiger partial charge in [-0.1, -0.05) is 13.8 Å². The maximum absolute atomic E-state index is 12.1. The van der Waals surface area contributed by atoms with Gasteiger partial charge in [0, 0.05) is 13.1 Å². The summed E-state index contributed by atoms with van der Waals surface area (Å²) in [6.45, 7) is 8.14. The van der Waals surface area contributed by atoms with Crippen molar-refractivity contribution in [3.05, 3.63) is 0 Å². The molecule has 0 aromatic carbocycles. The molecule has 1 saturated heterocycles. The number of nitrogens with zero attached hydrogens (tertiary/aromatic N) is 1. The molecule has 4 heteroatoms. The molecule has 1 aliphatic heterocycles. The highest BCUT2D eigenvalue weighted by Gasteiger charge is 2.23. The first-order valence-electron chi connectivity index (χ1n) is 7.15. The summed E-state index contributed by atoms with van der Waals surface area (Å²) in [5, 5.41) is 6.24. The second-order valence-corrected chi connectivity index (χ2v) is 5.90. The number of amides is 1. The molecule has 2 N–H and O–H groups in total. The summed E-state index contributed by atoms with van der Waals surface area (Å²) in [4.78, 5) is 14.5. The van der Waals surface area contributed by atoms with E-state index in [1.165, 1.54) is 12.8 Å². The van der Waals surface area contributed by atoms with Crippen molar-refractivity contribution in [2.24, 2.45) is 17.8 Å². The van der Waals surface area contributed by atoms with E-state index in [1.807, 2.05) is 7.05 Å². The second kappa shape index (κ2) is 7.74. The van der Waals surface area contributed by atoms with E-state index in [0.29, 0.717) is 11.8 Å². The van der Waals surface area contributed by atoms with Gasteiger partial charge in [-0.15, -0.1) is 0 Å². The third-order valence-corrected chi connectivity index (χ3v) is 3.97. The molecule has 0 aliphatic carbocycles. The van der Waals surface area contributed by atoms with Crippen LogP contribution in [-0.4, -0.2) is 51.1 Å². The van der Waals surface area contributed by atoms with E-state index in [0.717, 1.165) is 26.2 Å². The summed E-state index contributed by atoms with van der Waals surface area (Å²) in [5.41, 5.74) is 0. The van der Waals surface area contributed by atoms with Gasteiger partial charge in [0.25, 0.3) is 0 Å². The van der Waals surface area contributed by atoms with Crippen molar-refractivity contribution in [1.82, 2.24) is 15.5 Å². The molecule has 1 fully saturated rings. The molecule has 1 heterocycles. The number of nitrogens with one attached hydrogen (secondary N) is 2. The van der Waals surface area contributed by atoms with E-state index in [-0.39, 0.29) is 11.8 Å². The minimum absolute atomic E-state index is 0.0845. The van der Waals surface area contributed by atoms with Gasteiger partial charge in [-0.25, -0.2) is 0 Å². The minimum Gasteiger partial charge on any atom is -0.356 e. The quantitative estimate of drug-likeness (QED) is 0.742. The first kappa shape index (κ1) is 15.4. The maximum atomic E-state index is 12.1. The van der Waals surface area contributed by atoms with E-state index in [2.05, 4.69) is 36.4 Å². The molecule has 0 saturated carbocycles. The molecule has 0 spiro atoms. The molecule has 0 aromatic rings. The standard InChI is InChI=1S/C14H29N3O/c1-11(2)13(10-15-3)14(18)16-9-12-5-7-17(4)8-6-12/h11-13,15H,5-10H2,1-4H3,(H,16,18). The van der Waals surface area contributed by atoms with Gasteiger partial charge in [-0.05, 0) is 51.9 Å². The Morgan fingerprint density at radius 1 is 1.33 bits per heavy atom. The van der Waals surface area contributed by atoms with Crippen LogP contribution < -0.4 is 10.6 Å². The Bertz CT molecular complexity index is 247. The zero-order valence-electron chi connectivity index (χ0n) is 12.3. The maximum Gasteiger partial charge on any atom is 0.224 e. The first-order chi connectivity index (χ1) is 8.54. The van der Waals surface area contributed by atoms with Crippen molar-refractivity contribution in [2.75, 3.05) is 40.3 Å². The zero-order valence-corrected chi connectivity index (χ0v) is 12.3. The van der Waals surface area contributed by atoms with E-state index < -0.39 is 0 Å². The van der Waals surface area contributed by atoms with E-state index in [4.69, 9.17) is 0 Å². The van der Waals surface area contributed by atoms with Crippen molar-refractivity contribution < 1.29 is 4.79 Å². The van der Waals surface area contributed by atoms with Crippen LogP contribution in [0.5, 0.6) is 0 Å². The highest BCUT2D eigenvalue weighted by Crippen LogP contribution is 2.15. The van der Waals surface area contributed by atoms with Crippen LogP contribution in [0.15, 0.2) is 0 Å². The van der Waals surface area contributed by atoms with Crippen LogP contribution in [-0.2, 0) is 4.79 Å². The van der Waals surface area contributed by atoms with Gasteiger partial charge in [0.15, 0.2) is 0 Å². The summed E-state index contributed by atoms with van der Waals surface area (Å²) in [6, 6.07) is 0. The largest absolute Gasteiger partial charge is 0.356 e. The number of hydrogen-bond acceptors (Lipinski definition) is 3. The summed E-state index contributed by atoms with van der Waals surface area (Å²) in [7, 11) is 4.07. The van der Waals surface area contributed by atoms with E-state index in [9.17, 15) is 4.79 Å². The highest BCUT2D eigenvalue weighted by atomic mass is 16.1. The van der Waals surface area contributed by atoms with Crippen LogP contribution in [0.1, 0.15) is 26.7 Å². The fourth-order valence-corrected chi connectivity index (χ4v) is 2.49. The van der Waals surface area contributed by atoms with Crippen molar-refractivity contribution in [3.8, 4) is 0 Å². The first-order valence-corrected chi connectivity index (χ1v) is 7.15. The van der Waals surface area contributed by atoms with Crippen LogP contribution in [0.2, 0.25) is 0 Å². The molecule has 1 aliphatic rings.